The van der Waals surface area contributed by atoms with E-state index in [1.54, 1.807) is 0 Å². The Bertz CT molecular complexity index is 163. The normalized spacial score (nSPS) is 41.8. The van der Waals surface area contributed by atoms with Gasteiger partial charge in [-0.1, -0.05) is 0 Å². The number of rotatable bonds is 0. The monoisotopic (exact) mass is 201 g/mol. The minimum atomic E-state index is -0.0429. The largest absolute Gasteiger partial charge is 0.393 e. The molecule has 3 atom stereocenters. The molecule has 0 aromatic heterocycles. The zero-order valence-corrected chi connectivity index (χ0v) is 8.85. The van der Waals surface area contributed by atoms with Crippen LogP contribution < -0.4 is 5.32 Å². The summed E-state index contributed by atoms with van der Waals surface area (Å²) in [6.07, 6.45) is 4.54. The maximum absolute atomic E-state index is 9.96. The van der Waals surface area contributed by atoms with Crippen LogP contribution in [0.3, 0.4) is 0 Å². The van der Waals surface area contributed by atoms with Crippen molar-refractivity contribution in [2.24, 2.45) is 5.92 Å². The molecule has 2 fully saturated rings. The van der Waals surface area contributed by atoms with Crippen LogP contribution in [0.15, 0.2) is 0 Å². The topological polar surface area (TPSA) is 32.3 Å². The van der Waals surface area contributed by atoms with E-state index in [2.05, 4.69) is 5.32 Å². The van der Waals surface area contributed by atoms with Crippen molar-refractivity contribution >= 4 is 11.8 Å². The van der Waals surface area contributed by atoms with Crippen molar-refractivity contribution in [2.45, 2.75) is 37.8 Å². The van der Waals surface area contributed by atoms with Crippen molar-refractivity contribution in [1.29, 1.82) is 0 Å². The Kier molecular flexibility index (Phi) is 3.52. The molecule has 2 rings (SSSR count). The van der Waals surface area contributed by atoms with E-state index in [0.29, 0.717) is 12.0 Å². The third-order valence-corrected chi connectivity index (χ3v) is 4.31. The highest BCUT2D eigenvalue weighted by Gasteiger charge is 2.30. The van der Waals surface area contributed by atoms with Gasteiger partial charge in [0.15, 0.2) is 0 Å². The van der Waals surface area contributed by atoms with Gasteiger partial charge in [-0.05, 0) is 43.7 Å². The molecule has 2 heterocycles. The van der Waals surface area contributed by atoms with Gasteiger partial charge in [0.25, 0.3) is 0 Å². The van der Waals surface area contributed by atoms with Gasteiger partial charge >= 0.3 is 0 Å². The summed E-state index contributed by atoms with van der Waals surface area (Å²) in [5.74, 6) is 3.03. The molecule has 0 aliphatic carbocycles. The lowest BCUT2D eigenvalue weighted by Crippen LogP contribution is -2.39. The number of aliphatic hydroxyl groups excluding tert-OH is 1. The molecular formula is C10H19NOS. The molecule has 2 nitrogen and oxygen atoms in total. The first-order chi connectivity index (χ1) is 6.38. The fourth-order valence-corrected chi connectivity index (χ4v) is 3.54. The van der Waals surface area contributed by atoms with Crippen LogP contribution in [0.1, 0.15) is 25.7 Å². The summed E-state index contributed by atoms with van der Waals surface area (Å²) in [6.45, 7) is 1.10. The number of nitrogens with one attached hydrogen (secondary N) is 1. The first-order valence-corrected chi connectivity index (χ1v) is 6.52. The predicted octanol–water partition coefficient (Wildman–Crippen LogP) is 1.24. The third kappa shape index (κ3) is 2.39. The van der Waals surface area contributed by atoms with Gasteiger partial charge in [0.05, 0.1) is 6.10 Å². The summed E-state index contributed by atoms with van der Waals surface area (Å²) in [7, 11) is 0. The van der Waals surface area contributed by atoms with Crippen molar-refractivity contribution in [3.63, 3.8) is 0 Å². The van der Waals surface area contributed by atoms with E-state index in [1.165, 1.54) is 24.3 Å². The summed E-state index contributed by atoms with van der Waals surface area (Å²) < 4.78 is 0. The van der Waals surface area contributed by atoms with E-state index in [9.17, 15) is 5.11 Å². The molecule has 13 heavy (non-hydrogen) atoms. The van der Waals surface area contributed by atoms with Gasteiger partial charge in [-0.15, -0.1) is 0 Å². The molecule has 2 aliphatic rings. The minimum Gasteiger partial charge on any atom is -0.393 e. The predicted molar refractivity (Wildman–Crippen MR) is 57.1 cm³/mol. The molecule has 0 saturated carbocycles. The van der Waals surface area contributed by atoms with Gasteiger partial charge in [0.2, 0.25) is 0 Å². The van der Waals surface area contributed by atoms with E-state index < -0.39 is 0 Å². The highest BCUT2D eigenvalue weighted by molar-refractivity contribution is 7.99. The molecule has 0 aromatic rings. The van der Waals surface area contributed by atoms with Gasteiger partial charge < -0.3 is 10.4 Å². The summed E-state index contributed by atoms with van der Waals surface area (Å²) in [4.78, 5) is 0. The molecule has 0 spiro atoms. The quantitative estimate of drug-likeness (QED) is 0.618. The lowest BCUT2D eigenvalue weighted by Gasteiger charge is -2.26. The summed E-state index contributed by atoms with van der Waals surface area (Å²) >= 11 is 2.04. The van der Waals surface area contributed by atoms with Gasteiger partial charge in [-0.25, -0.2) is 0 Å². The van der Waals surface area contributed by atoms with Crippen LogP contribution in [-0.2, 0) is 0 Å². The maximum Gasteiger partial charge on any atom is 0.0584 e. The lowest BCUT2D eigenvalue weighted by atomic mass is 9.89. The molecule has 0 radical (unpaired) electrons. The number of hydrogen-bond acceptors (Lipinski definition) is 3. The van der Waals surface area contributed by atoms with Crippen molar-refractivity contribution in [1.82, 2.24) is 5.32 Å². The highest BCUT2D eigenvalue weighted by atomic mass is 32.2. The average molecular weight is 201 g/mol. The second-order valence-electron chi connectivity index (χ2n) is 4.12. The van der Waals surface area contributed by atoms with Crippen molar-refractivity contribution in [2.75, 3.05) is 18.1 Å². The van der Waals surface area contributed by atoms with Gasteiger partial charge in [-0.2, -0.15) is 11.8 Å². The second-order valence-corrected chi connectivity index (χ2v) is 5.35. The van der Waals surface area contributed by atoms with Gasteiger partial charge in [-0.3, -0.25) is 0 Å². The van der Waals surface area contributed by atoms with E-state index in [-0.39, 0.29) is 6.10 Å². The Balaban J connectivity index is 2.03. The van der Waals surface area contributed by atoms with Crippen molar-refractivity contribution in [3.05, 3.63) is 0 Å². The molecule has 76 valence electrons. The zero-order chi connectivity index (χ0) is 9.10. The van der Waals surface area contributed by atoms with Crippen LogP contribution in [0.25, 0.3) is 0 Å². The molecule has 0 amide bonds. The zero-order valence-electron chi connectivity index (χ0n) is 8.04. The fraction of sp³-hybridized carbons (Fsp3) is 1.00. The Morgan fingerprint density at radius 1 is 1.15 bits per heavy atom. The van der Waals surface area contributed by atoms with Gasteiger partial charge in [0.1, 0.15) is 0 Å². The second kappa shape index (κ2) is 4.67. The van der Waals surface area contributed by atoms with Crippen LogP contribution in [0.4, 0.5) is 0 Å². The number of fused-ring (bicyclic) bond motifs is 1. The molecule has 0 aromatic carbocycles. The standard InChI is InChI=1S/C10H19NOS/c12-10-2-1-5-11-9-4-7-13-6-3-8(9)10/h8-12H,1-7H2. The van der Waals surface area contributed by atoms with Crippen molar-refractivity contribution in [3.8, 4) is 0 Å². The molecule has 2 aliphatic heterocycles. The minimum absolute atomic E-state index is 0.0429. The number of hydrogen-bond donors (Lipinski definition) is 2. The smallest absolute Gasteiger partial charge is 0.0584 e. The van der Waals surface area contributed by atoms with Crippen LogP contribution >= 0.6 is 11.8 Å². The molecule has 0 bridgehead atoms. The number of thioether (sulfide) groups is 1. The summed E-state index contributed by atoms with van der Waals surface area (Å²) in [5.41, 5.74) is 0. The van der Waals surface area contributed by atoms with Crippen molar-refractivity contribution < 1.29 is 5.11 Å². The average Bonchev–Trinajstić information content (AvgIpc) is 2.43. The summed E-state index contributed by atoms with van der Waals surface area (Å²) in [6, 6.07) is 0.590. The summed E-state index contributed by atoms with van der Waals surface area (Å²) in [5, 5.41) is 13.5. The van der Waals surface area contributed by atoms with Crippen LogP contribution in [0, 0.1) is 5.92 Å². The van der Waals surface area contributed by atoms with E-state index in [1.807, 2.05) is 11.8 Å². The van der Waals surface area contributed by atoms with Crippen LogP contribution in [0.2, 0.25) is 0 Å². The highest BCUT2D eigenvalue weighted by Crippen LogP contribution is 2.28. The van der Waals surface area contributed by atoms with Crippen LogP contribution in [0.5, 0.6) is 0 Å². The molecule has 3 heteroatoms. The maximum atomic E-state index is 9.96. The third-order valence-electron chi connectivity index (χ3n) is 3.26. The Hall–Kier alpha value is 0.270. The first-order valence-electron chi connectivity index (χ1n) is 5.37. The van der Waals surface area contributed by atoms with E-state index in [0.717, 1.165) is 19.4 Å². The molecular weight excluding hydrogens is 182 g/mol. The van der Waals surface area contributed by atoms with Crippen LogP contribution in [-0.4, -0.2) is 35.3 Å². The van der Waals surface area contributed by atoms with E-state index in [4.69, 9.17) is 0 Å². The molecule has 3 unspecified atom stereocenters. The molecule has 2 saturated heterocycles. The first kappa shape index (κ1) is 9.81. The Morgan fingerprint density at radius 3 is 2.92 bits per heavy atom. The fourth-order valence-electron chi connectivity index (χ4n) is 2.47. The Labute approximate surface area is 84.5 Å². The van der Waals surface area contributed by atoms with E-state index >= 15 is 0 Å². The number of aliphatic hydroxyl groups is 1. The lowest BCUT2D eigenvalue weighted by molar-refractivity contribution is 0.0862. The Morgan fingerprint density at radius 2 is 2.00 bits per heavy atom. The van der Waals surface area contributed by atoms with Gasteiger partial charge in [0, 0.05) is 12.0 Å². The molecule has 2 N–H and O–H groups in total. The SMILES string of the molecule is OC1CCCNC2CCSCCC12.